The van der Waals surface area contributed by atoms with Gasteiger partial charge in [-0.25, -0.2) is 0 Å². The number of nitrogens with one attached hydrogen (secondary N) is 1. The molecule has 2 N–H and O–H groups in total. The molecule has 0 aliphatic heterocycles. The van der Waals surface area contributed by atoms with Gasteiger partial charge in [-0.15, -0.1) is 0 Å². The summed E-state index contributed by atoms with van der Waals surface area (Å²) in [6.45, 7) is 5.75. The third kappa shape index (κ3) is 3.33. The number of hydrogen-bond acceptors (Lipinski definition) is 2. The predicted octanol–water partition coefficient (Wildman–Crippen LogP) is 2.45. The van der Waals surface area contributed by atoms with Gasteiger partial charge >= 0.3 is 0 Å². The molecule has 0 heterocycles. The molecule has 1 unspecified atom stereocenters. The zero-order valence-electron chi connectivity index (χ0n) is 11.4. The van der Waals surface area contributed by atoms with E-state index in [1.165, 1.54) is 0 Å². The molecule has 100 valence electrons. The van der Waals surface area contributed by atoms with Crippen LogP contribution < -0.4 is 5.32 Å². The highest BCUT2D eigenvalue weighted by molar-refractivity contribution is 5.79. The average Bonchev–Trinajstić information content (AvgIpc) is 2.41. The molecule has 0 aliphatic rings. The summed E-state index contributed by atoms with van der Waals surface area (Å²) in [5, 5.41) is 12.6. The van der Waals surface area contributed by atoms with Gasteiger partial charge < -0.3 is 10.4 Å². The molecule has 1 aromatic rings. The Labute approximate surface area is 109 Å². The highest BCUT2D eigenvalue weighted by Gasteiger charge is 2.29. The number of aliphatic hydroxyl groups excluding tert-OH is 1. The van der Waals surface area contributed by atoms with Crippen LogP contribution in [0, 0.1) is 5.92 Å². The second-order valence-electron chi connectivity index (χ2n) is 4.86. The largest absolute Gasteiger partial charge is 0.394 e. The lowest BCUT2D eigenvalue weighted by Crippen LogP contribution is -2.48. The molecule has 1 rings (SSSR count). The van der Waals surface area contributed by atoms with Crippen LogP contribution in [0.25, 0.3) is 0 Å². The number of aliphatic hydroxyl groups is 1. The fraction of sp³-hybridized carbons (Fsp3) is 0.533. The molecule has 1 atom stereocenters. The summed E-state index contributed by atoms with van der Waals surface area (Å²) in [5.41, 5.74) is 0.216. The van der Waals surface area contributed by atoms with Crippen LogP contribution in [-0.2, 0) is 10.3 Å². The van der Waals surface area contributed by atoms with Gasteiger partial charge in [0, 0.05) is 5.92 Å². The molecule has 0 aromatic heterocycles. The van der Waals surface area contributed by atoms with Gasteiger partial charge in [0.2, 0.25) is 5.91 Å². The maximum atomic E-state index is 12.1. The standard InChI is InChI=1S/C15H23NO2/c1-4-12(5-2)14(18)16-15(3,11-17)13-9-7-6-8-10-13/h6-10,12,17H,4-5,11H2,1-3H3,(H,16,18). The molecule has 0 saturated heterocycles. The summed E-state index contributed by atoms with van der Waals surface area (Å²) < 4.78 is 0. The van der Waals surface area contributed by atoms with Gasteiger partial charge in [-0.3, -0.25) is 4.79 Å². The first-order chi connectivity index (χ1) is 8.57. The summed E-state index contributed by atoms with van der Waals surface area (Å²) in [5.74, 6) is 0.0278. The normalized spacial score (nSPS) is 14.3. The lowest BCUT2D eigenvalue weighted by Gasteiger charge is -2.31. The first kappa shape index (κ1) is 14.7. The van der Waals surface area contributed by atoms with E-state index in [1.807, 2.05) is 51.1 Å². The molecule has 0 spiro atoms. The lowest BCUT2D eigenvalue weighted by molar-refractivity contribution is -0.127. The zero-order valence-corrected chi connectivity index (χ0v) is 11.4. The number of carbonyl (C=O) groups is 1. The second kappa shape index (κ2) is 6.55. The van der Waals surface area contributed by atoms with Gasteiger partial charge in [-0.05, 0) is 25.3 Å². The van der Waals surface area contributed by atoms with E-state index in [-0.39, 0.29) is 18.4 Å². The Bertz CT molecular complexity index is 373. The van der Waals surface area contributed by atoms with Gasteiger partial charge in [0.05, 0.1) is 12.1 Å². The van der Waals surface area contributed by atoms with E-state index in [9.17, 15) is 9.90 Å². The Hall–Kier alpha value is -1.35. The van der Waals surface area contributed by atoms with Crippen LogP contribution in [-0.4, -0.2) is 17.6 Å². The van der Waals surface area contributed by atoms with Gasteiger partial charge in [-0.2, -0.15) is 0 Å². The van der Waals surface area contributed by atoms with Crippen molar-refractivity contribution in [3.63, 3.8) is 0 Å². The van der Waals surface area contributed by atoms with Crippen molar-refractivity contribution in [3.8, 4) is 0 Å². The Morgan fingerprint density at radius 2 is 1.83 bits per heavy atom. The molecule has 3 nitrogen and oxygen atoms in total. The highest BCUT2D eigenvalue weighted by Crippen LogP contribution is 2.21. The van der Waals surface area contributed by atoms with Crippen molar-refractivity contribution in [2.75, 3.05) is 6.61 Å². The van der Waals surface area contributed by atoms with Crippen molar-refractivity contribution in [2.24, 2.45) is 5.92 Å². The zero-order chi connectivity index (χ0) is 13.6. The van der Waals surface area contributed by atoms with Crippen LogP contribution in [0.1, 0.15) is 39.2 Å². The third-order valence-corrected chi connectivity index (χ3v) is 3.48. The summed E-state index contributed by atoms with van der Waals surface area (Å²) in [7, 11) is 0. The van der Waals surface area contributed by atoms with Gasteiger partial charge in [0.25, 0.3) is 0 Å². The quantitative estimate of drug-likeness (QED) is 0.813. The highest BCUT2D eigenvalue weighted by atomic mass is 16.3. The number of amides is 1. The Balaban J connectivity index is 2.87. The molecule has 0 radical (unpaired) electrons. The molecule has 0 fully saturated rings. The van der Waals surface area contributed by atoms with E-state index in [1.54, 1.807) is 0 Å². The fourth-order valence-corrected chi connectivity index (χ4v) is 2.04. The molecule has 18 heavy (non-hydrogen) atoms. The van der Waals surface area contributed by atoms with E-state index in [4.69, 9.17) is 0 Å². The Kier molecular flexibility index (Phi) is 5.35. The van der Waals surface area contributed by atoms with Crippen molar-refractivity contribution < 1.29 is 9.90 Å². The SMILES string of the molecule is CCC(CC)C(=O)NC(C)(CO)c1ccccc1. The summed E-state index contributed by atoms with van der Waals surface area (Å²) in [6, 6.07) is 9.58. The minimum atomic E-state index is -0.707. The summed E-state index contributed by atoms with van der Waals surface area (Å²) in [4.78, 5) is 12.1. The number of carbonyl (C=O) groups excluding carboxylic acids is 1. The lowest BCUT2D eigenvalue weighted by atomic mass is 9.91. The van der Waals surface area contributed by atoms with Crippen LogP contribution in [0.2, 0.25) is 0 Å². The maximum Gasteiger partial charge on any atom is 0.223 e. The Morgan fingerprint density at radius 3 is 2.28 bits per heavy atom. The second-order valence-corrected chi connectivity index (χ2v) is 4.86. The van der Waals surface area contributed by atoms with Crippen molar-refractivity contribution >= 4 is 5.91 Å². The van der Waals surface area contributed by atoms with Gasteiger partial charge in [-0.1, -0.05) is 44.2 Å². The molecule has 0 saturated carbocycles. The van der Waals surface area contributed by atoms with Crippen LogP contribution in [0.5, 0.6) is 0 Å². The molecule has 0 bridgehead atoms. The molecular formula is C15H23NO2. The first-order valence-electron chi connectivity index (χ1n) is 6.55. The number of rotatable bonds is 6. The average molecular weight is 249 g/mol. The van der Waals surface area contributed by atoms with E-state index in [0.29, 0.717) is 0 Å². The van der Waals surface area contributed by atoms with Crippen LogP contribution in [0.3, 0.4) is 0 Å². The summed E-state index contributed by atoms with van der Waals surface area (Å²) in [6.07, 6.45) is 1.64. The monoisotopic (exact) mass is 249 g/mol. The van der Waals surface area contributed by atoms with E-state index < -0.39 is 5.54 Å². The predicted molar refractivity (Wildman–Crippen MR) is 73.1 cm³/mol. The van der Waals surface area contributed by atoms with Crippen molar-refractivity contribution in [1.29, 1.82) is 0 Å². The number of hydrogen-bond donors (Lipinski definition) is 2. The summed E-state index contributed by atoms with van der Waals surface area (Å²) >= 11 is 0. The van der Waals surface area contributed by atoms with E-state index in [0.717, 1.165) is 18.4 Å². The third-order valence-electron chi connectivity index (χ3n) is 3.48. The van der Waals surface area contributed by atoms with Crippen molar-refractivity contribution in [3.05, 3.63) is 35.9 Å². The van der Waals surface area contributed by atoms with Gasteiger partial charge in [0.1, 0.15) is 0 Å². The topological polar surface area (TPSA) is 49.3 Å². The molecular weight excluding hydrogens is 226 g/mol. The van der Waals surface area contributed by atoms with E-state index >= 15 is 0 Å². The smallest absolute Gasteiger partial charge is 0.223 e. The van der Waals surface area contributed by atoms with Crippen LogP contribution in [0.15, 0.2) is 30.3 Å². The maximum absolute atomic E-state index is 12.1. The number of benzene rings is 1. The van der Waals surface area contributed by atoms with Crippen LogP contribution >= 0.6 is 0 Å². The fourth-order valence-electron chi connectivity index (χ4n) is 2.04. The van der Waals surface area contributed by atoms with Crippen LogP contribution in [0.4, 0.5) is 0 Å². The molecule has 1 amide bonds. The minimum Gasteiger partial charge on any atom is -0.394 e. The molecule has 1 aromatic carbocycles. The van der Waals surface area contributed by atoms with Gasteiger partial charge in [0.15, 0.2) is 0 Å². The van der Waals surface area contributed by atoms with Crippen molar-refractivity contribution in [1.82, 2.24) is 5.32 Å². The first-order valence-corrected chi connectivity index (χ1v) is 6.55. The Morgan fingerprint density at radius 1 is 1.28 bits per heavy atom. The van der Waals surface area contributed by atoms with E-state index in [2.05, 4.69) is 5.32 Å². The van der Waals surface area contributed by atoms with Crippen molar-refractivity contribution in [2.45, 2.75) is 39.2 Å². The molecule has 3 heteroatoms. The minimum absolute atomic E-state index is 0.0135. The molecule has 0 aliphatic carbocycles.